The summed E-state index contributed by atoms with van der Waals surface area (Å²) < 4.78 is 33.2. The number of aromatic nitrogens is 2. The fourth-order valence-corrected chi connectivity index (χ4v) is 5.35. The van der Waals surface area contributed by atoms with Gasteiger partial charge in [-0.1, -0.05) is 12.8 Å². The van der Waals surface area contributed by atoms with Gasteiger partial charge in [0.25, 0.3) is 5.91 Å². The van der Waals surface area contributed by atoms with Crippen LogP contribution in [-0.4, -0.2) is 55.6 Å². The Balaban J connectivity index is 1.70. The number of amides is 1. The van der Waals surface area contributed by atoms with Gasteiger partial charge in [0.15, 0.2) is 0 Å². The second-order valence-electron chi connectivity index (χ2n) is 7.56. The van der Waals surface area contributed by atoms with Crippen LogP contribution in [0.2, 0.25) is 0 Å². The summed E-state index contributed by atoms with van der Waals surface area (Å²) in [7, 11) is -2.29. The molecule has 2 heterocycles. The number of carbonyl (C=O) groups excluding carboxylic acids is 1. The molecule has 2 N–H and O–H groups in total. The number of hydrogen-bond acceptors (Lipinski definition) is 5. The molecule has 0 unspecified atom stereocenters. The molecule has 30 heavy (non-hydrogen) atoms. The third-order valence-corrected chi connectivity index (χ3v) is 7.37. The molecule has 1 fully saturated rings. The normalized spacial score (nSPS) is 15.5. The molecule has 1 saturated heterocycles. The Kier molecular flexibility index (Phi) is 7.49. The average molecular weight is 435 g/mol. The molecule has 164 valence electrons. The van der Waals surface area contributed by atoms with Gasteiger partial charge in [-0.25, -0.2) is 8.42 Å². The second kappa shape index (κ2) is 10.1. The van der Waals surface area contributed by atoms with E-state index in [0.29, 0.717) is 25.2 Å². The summed E-state index contributed by atoms with van der Waals surface area (Å²) in [6.07, 6.45) is 7.12. The van der Waals surface area contributed by atoms with Crippen molar-refractivity contribution in [1.29, 1.82) is 0 Å². The fourth-order valence-electron chi connectivity index (χ4n) is 3.65. The molecular formula is C21H30N4O4S. The van der Waals surface area contributed by atoms with Gasteiger partial charge >= 0.3 is 0 Å². The zero-order valence-corrected chi connectivity index (χ0v) is 18.4. The summed E-state index contributed by atoms with van der Waals surface area (Å²) in [5.74, 6) is -0.0416. The van der Waals surface area contributed by atoms with Crippen molar-refractivity contribution in [3.8, 4) is 5.75 Å². The van der Waals surface area contributed by atoms with Gasteiger partial charge in [-0.2, -0.15) is 9.40 Å². The summed E-state index contributed by atoms with van der Waals surface area (Å²) in [6, 6.07) is 4.57. The predicted molar refractivity (Wildman–Crippen MR) is 114 cm³/mol. The lowest BCUT2D eigenvalue weighted by Gasteiger charge is -2.21. The van der Waals surface area contributed by atoms with Gasteiger partial charge in [-0.3, -0.25) is 9.89 Å². The minimum atomic E-state index is -3.73. The van der Waals surface area contributed by atoms with Gasteiger partial charge in [-0.05, 0) is 56.4 Å². The Labute approximate surface area is 178 Å². The Bertz CT molecular complexity index is 963. The standard InChI is InChI=1S/C21H30N4O4S/c1-16-18(15-23-24-16)8-7-11-22-21(26)17-9-10-19(29-2)20(14-17)30(27,28)25-12-5-3-4-6-13-25/h9-10,14-15H,3-8,11-13H2,1-2H3,(H,22,26)(H,23,24). The molecule has 2 aromatic rings. The van der Waals surface area contributed by atoms with Crippen molar-refractivity contribution >= 4 is 15.9 Å². The quantitative estimate of drug-likeness (QED) is 0.622. The monoisotopic (exact) mass is 434 g/mol. The molecule has 0 radical (unpaired) electrons. The van der Waals surface area contributed by atoms with Crippen LogP contribution in [0.5, 0.6) is 5.75 Å². The van der Waals surface area contributed by atoms with Crippen molar-refractivity contribution in [3.63, 3.8) is 0 Å². The molecule has 0 bridgehead atoms. The highest BCUT2D eigenvalue weighted by atomic mass is 32.2. The van der Waals surface area contributed by atoms with Crippen LogP contribution in [-0.2, 0) is 16.4 Å². The molecule has 0 spiro atoms. The van der Waals surface area contributed by atoms with Gasteiger partial charge in [-0.15, -0.1) is 0 Å². The van der Waals surface area contributed by atoms with Gasteiger partial charge in [0.1, 0.15) is 10.6 Å². The lowest BCUT2D eigenvalue weighted by Crippen LogP contribution is -2.32. The zero-order chi connectivity index (χ0) is 21.6. The van der Waals surface area contributed by atoms with Crippen molar-refractivity contribution in [2.45, 2.75) is 50.3 Å². The number of sulfonamides is 1. The van der Waals surface area contributed by atoms with E-state index in [0.717, 1.165) is 49.8 Å². The number of nitrogens with one attached hydrogen (secondary N) is 2. The minimum absolute atomic E-state index is 0.0496. The first kappa shape index (κ1) is 22.3. The Morgan fingerprint density at radius 3 is 2.60 bits per heavy atom. The number of aryl methyl sites for hydroxylation is 2. The molecule has 1 aromatic heterocycles. The van der Waals surface area contributed by atoms with E-state index in [2.05, 4.69) is 15.5 Å². The number of ether oxygens (including phenoxy) is 1. The summed E-state index contributed by atoms with van der Waals surface area (Å²) in [5, 5.41) is 9.76. The molecule has 0 aliphatic carbocycles. The zero-order valence-electron chi connectivity index (χ0n) is 17.6. The number of rotatable bonds is 8. The average Bonchev–Trinajstić information content (AvgIpc) is 2.97. The van der Waals surface area contributed by atoms with E-state index in [1.165, 1.54) is 17.5 Å². The highest BCUT2D eigenvalue weighted by Gasteiger charge is 2.29. The van der Waals surface area contributed by atoms with Crippen LogP contribution >= 0.6 is 0 Å². The summed E-state index contributed by atoms with van der Waals surface area (Å²) in [5.41, 5.74) is 2.46. The summed E-state index contributed by atoms with van der Waals surface area (Å²) >= 11 is 0. The summed E-state index contributed by atoms with van der Waals surface area (Å²) in [6.45, 7) is 3.44. The molecule has 9 heteroatoms. The molecule has 0 saturated carbocycles. The van der Waals surface area contributed by atoms with Crippen LogP contribution in [0.15, 0.2) is 29.3 Å². The molecule has 1 aliphatic rings. The van der Waals surface area contributed by atoms with Crippen LogP contribution in [0.3, 0.4) is 0 Å². The minimum Gasteiger partial charge on any atom is -0.495 e. The van der Waals surface area contributed by atoms with Gasteiger partial charge in [0.05, 0.1) is 13.3 Å². The van der Waals surface area contributed by atoms with E-state index < -0.39 is 10.0 Å². The topological polar surface area (TPSA) is 104 Å². The summed E-state index contributed by atoms with van der Waals surface area (Å²) in [4.78, 5) is 12.7. The Morgan fingerprint density at radius 2 is 1.97 bits per heavy atom. The van der Waals surface area contributed by atoms with E-state index in [-0.39, 0.29) is 16.6 Å². The highest BCUT2D eigenvalue weighted by molar-refractivity contribution is 7.89. The Hall–Kier alpha value is -2.39. The maximum absolute atomic E-state index is 13.2. The first-order chi connectivity index (χ1) is 14.4. The maximum atomic E-state index is 13.2. The van der Waals surface area contributed by atoms with Crippen LogP contribution < -0.4 is 10.1 Å². The van der Waals surface area contributed by atoms with Crippen LogP contribution in [0, 0.1) is 6.92 Å². The lowest BCUT2D eigenvalue weighted by molar-refractivity contribution is 0.0953. The predicted octanol–water partition coefficient (Wildman–Crippen LogP) is 2.65. The number of nitrogens with zero attached hydrogens (tertiary/aromatic N) is 2. The highest BCUT2D eigenvalue weighted by Crippen LogP contribution is 2.29. The fraction of sp³-hybridized carbons (Fsp3) is 0.524. The van der Waals surface area contributed by atoms with Crippen molar-refractivity contribution in [1.82, 2.24) is 19.8 Å². The van der Waals surface area contributed by atoms with Crippen LogP contribution in [0.25, 0.3) is 0 Å². The molecule has 1 aromatic carbocycles. The number of H-pyrrole nitrogens is 1. The van der Waals surface area contributed by atoms with E-state index >= 15 is 0 Å². The number of benzene rings is 1. The molecule has 1 amide bonds. The molecule has 0 atom stereocenters. The van der Waals surface area contributed by atoms with Crippen LogP contribution in [0.1, 0.15) is 53.7 Å². The van der Waals surface area contributed by atoms with E-state index in [1.807, 2.05) is 6.92 Å². The molecular weight excluding hydrogens is 404 g/mol. The first-order valence-electron chi connectivity index (χ1n) is 10.4. The first-order valence-corrected chi connectivity index (χ1v) is 11.8. The SMILES string of the molecule is COc1ccc(C(=O)NCCCc2cn[nH]c2C)cc1S(=O)(=O)N1CCCCCC1. The van der Waals surface area contributed by atoms with Gasteiger partial charge in [0.2, 0.25) is 10.0 Å². The maximum Gasteiger partial charge on any atom is 0.251 e. The van der Waals surface area contributed by atoms with E-state index in [9.17, 15) is 13.2 Å². The van der Waals surface area contributed by atoms with Crippen molar-refractivity contribution in [2.24, 2.45) is 0 Å². The largest absolute Gasteiger partial charge is 0.495 e. The molecule has 8 nitrogen and oxygen atoms in total. The van der Waals surface area contributed by atoms with Crippen molar-refractivity contribution in [2.75, 3.05) is 26.7 Å². The molecule has 1 aliphatic heterocycles. The number of carbonyl (C=O) groups is 1. The van der Waals surface area contributed by atoms with Gasteiger partial charge in [0, 0.05) is 30.9 Å². The molecule has 3 rings (SSSR count). The van der Waals surface area contributed by atoms with Crippen molar-refractivity contribution < 1.29 is 17.9 Å². The number of aromatic amines is 1. The third-order valence-electron chi connectivity index (χ3n) is 5.45. The second-order valence-corrected chi connectivity index (χ2v) is 9.47. The smallest absolute Gasteiger partial charge is 0.251 e. The van der Waals surface area contributed by atoms with Crippen LogP contribution in [0.4, 0.5) is 0 Å². The van der Waals surface area contributed by atoms with Gasteiger partial charge < -0.3 is 10.1 Å². The third kappa shape index (κ3) is 5.20. The number of hydrogen-bond donors (Lipinski definition) is 2. The number of methoxy groups -OCH3 is 1. The van der Waals surface area contributed by atoms with Crippen molar-refractivity contribution in [3.05, 3.63) is 41.2 Å². The van der Waals surface area contributed by atoms with E-state index in [4.69, 9.17) is 4.74 Å². The van der Waals surface area contributed by atoms with E-state index in [1.54, 1.807) is 18.3 Å². The lowest BCUT2D eigenvalue weighted by atomic mass is 10.1. The Morgan fingerprint density at radius 1 is 1.23 bits per heavy atom.